The molecule has 2 fully saturated rings. The molecule has 0 spiro atoms. The van der Waals surface area contributed by atoms with E-state index in [0.29, 0.717) is 5.92 Å². The number of nitrogens with one attached hydrogen (secondary N) is 1. The molecule has 0 aromatic heterocycles. The van der Waals surface area contributed by atoms with Gasteiger partial charge in [-0.1, -0.05) is 6.92 Å². The molecule has 0 aromatic carbocycles. The molecule has 1 saturated carbocycles. The monoisotopic (exact) mass is 267 g/mol. The van der Waals surface area contributed by atoms with Crippen molar-refractivity contribution < 1.29 is 4.79 Å². The fourth-order valence-electron chi connectivity index (χ4n) is 3.26. The van der Waals surface area contributed by atoms with Crippen LogP contribution in [0.2, 0.25) is 0 Å². The highest BCUT2D eigenvalue weighted by Gasteiger charge is 2.29. The third kappa shape index (κ3) is 4.46. The Kier molecular flexibility index (Phi) is 5.64. The summed E-state index contributed by atoms with van der Waals surface area (Å²) in [4.78, 5) is 14.6. The summed E-state index contributed by atoms with van der Waals surface area (Å²) in [5.41, 5.74) is 6.06. The average molecular weight is 267 g/mol. The van der Waals surface area contributed by atoms with E-state index in [-0.39, 0.29) is 17.9 Å². The van der Waals surface area contributed by atoms with Gasteiger partial charge in [-0.25, -0.2) is 0 Å². The summed E-state index contributed by atoms with van der Waals surface area (Å²) >= 11 is 0. The smallest absolute Gasteiger partial charge is 0.223 e. The number of carbonyl (C=O) groups is 1. The maximum absolute atomic E-state index is 12.1. The Hall–Kier alpha value is -0.610. The maximum atomic E-state index is 12.1. The second-order valence-electron chi connectivity index (χ2n) is 6.34. The standard InChI is InChI=1S/C15H29N3O/c1-12-5-6-13(11-14(12)16)15(19)17-7-4-10-18-8-2-3-9-18/h12-14H,2-11,16H2,1H3,(H,17,19). The SMILES string of the molecule is CC1CCC(C(=O)NCCCN2CCCC2)CC1N. The van der Waals surface area contributed by atoms with E-state index in [4.69, 9.17) is 5.73 Å². The van der Waals surface area contributed by atoms with Crippen molar-refractivity contribution in [2.75, 3.05) is 26.2 Å². The van der Waals surface area contributed by atoms with E-state index in [0.717, 1.165) is 38.8 Å². The van der Waals surface area contributed by atoms with Crippen LogP contribution >= 0.6 is 0 Å². The van der Waals surface area contributed by atoms with E-state index in [1.54, 1.807) is 0 Å². The van der Waals surface area contributed by atoms with Gasteiger partial charge in [0.15, 0.2) is 0 Å². The topological polar surface area (TPSA) is 58.4 Å². The molecular formula is C15H29N3O. The molecule has 1 amide bonds. The van der Waals surface area contributed by atoms with Crippen LogP contribution in [-0.4, -0.2) is 43.0 Å². The normalized spacial score (nSPS) is 32.4. The summed E-state index contributed by atoms with van der Waals surface area (Å²) in [5, 5.41) is 3.09. The first-order valence-electron chi connectivity index (χ1n) is 7.92. The van der Waals surface area contributed by atoms with Crippen molar-refractivity contribution in [2.24, 2.45) is 17.6 Å². The molecule has 19 heavy (non-hydrogen) atoms. The molecule has 1 aliphatic carbocycles. The van der Waals surface area contributed by atoms with Gasteiger partial charge in [0, 0.05) is 18.5 Å². The van der Waals surface area contributed by atoms with Crippen molar-refractivity contribution >= 4 is 5.91 Å². The molecule has 1 saturated heterocycles. The summed E-state index contributed by atoms with van der Waals surface area (Å²) in [6.07, 6.45) is 6.70. The molecule has 3 N–H and O–H groups in total. The van der Waals surface area contributed by atoms with Gasteiger partial charge < -0.3 is 16.0 Å². The summed E-state index contributed by atoms with van der Waals surface area (Å²) in [5.74, 6) is 0.945. The zero-order chi connectivity index (χ0) is 13.7. The van der Waals surface area contributed by atoms with Crippen LogP contribution in [0.15, 0.2) is 0 Å². The lowest BCUT2D eigenvalue weighted by molar-refractivity contribution is -0.126. The van der Waals surface area contributed by atoms with Crippen molar-refractivity contribution in [3.63, 3.8) is 0 Å². The number of carbonyl (C=O) groups excluding carboxylic acids is 1. The molecule has 3 atom stereocenters. The average Bonchev–Trinajstić information content (AvgIpc) is 2.91. The molecule has 0 aromatic rings. The van der Waals surface area contributed by atoms with E-state index in [2.05, 4.69) is 17.1 Å². The van der Waals surface area contributed by atoms with Gasteiger partial charge in [0.1, 0.15) is 0 Å². The van der Waals surface area contributed by atoms with Crippen LogP contribution < -0.4 is 11.1 Å². The Labute approximate surface area is 117 Å². The molecule has 4 heteroatoms. The van der Waals surface area contributed by atoms with Gasteiger partial charge in [-0.3, -0.25) is 4.79 Å². The van der Waals surface area contributed by atoms with Gasteiger partial charge in [0.2, 0.25) is 5.91 Å². The van der Waals surface area contributed by atoms with Gasteiger partial charge in [-0.2, -0.15) is 0 Å². The Balaban J connectivity index is 1.58. The van der Waals surface area contributed by atoms with Gasteiger partial charge in [-0.15, -0.1) is 0 Å². The quantitative estimate of drug-likeness (QED) is 0.739. The van der Waals surface area contributed by atoms with Crippen LogP contribution in [0.5, 0.6) is 0 Å². The minimum Gasteiger partial charge on any atom is -0.356 e. The number of nitrogens with zero attached hydrogens (tertiary/aromatic N) is 1. The molecule has 4 nitrogen and oxygen atoms in total. The van der Waals surface area contributed by atoms with E-state index in [9.17, 15) is 4.79 Å². The van der Waals surface area contributed by atoms with Gasteiger partial charge in [0.05, 0.1) is 0 Å². The van der Waals surface area contributed by atoms with Crippen molar-refractivity contribution in [3.8, 4) is 0 Å². The summed E-state index contributed by atoms with van der Waals surface area (Å²) < 4.78 is 0. The zero-order valence-corrected chi connectivity index (χ0v) is 12.2. The fourth-order valence-corrected chi connectivity index (χ4v) is 3.26. The Morgan fingerprint density at radius 1 is 1.32 bits per heavy atom. The summed E-state index contributed by atoms with van der Waals surface area (Å²) in [6, 6.07) is 0.203. The fraction of sp³-hybridized carbons (Fsp3) is 0.933. The van der Waals surface area contributed by atoms with Crippen LogP contribution in [0.3, 0.4) is 0 Å². The zero-order valence-electron chi connectivity index (χ0n) is 12.2. The van der Waals surface area contributed by atoms with Gasteiger partial charge >= 0.3 is 0 Å². The molecule has 1 heterocycles. The highest BCUT2D eigenvalue weighted by Crippen LogP contribution is 2.27. The lowest BCUT2D eigenvalue weighted by Crippen LogP contribution is -2.41. The first-order chi connectivity index (χ1) is 9.16. The number of nitrogens with two attached hydrogens (primary N) is 1. The second kappa shape index (κ2) is 7.25. The van der Waals surface area contributed by atoms with Crippen LogP contribution in [-0.2, 0) is 4.79 Å². The lowest BCUT2D eigenvalue weighted by Gasteiger charge is -2.31. The third-order valence-corrected chi connectivity index (χ3v) is 4.78. The van der Waals surface area contributed by atoms with Crippen molar-refractivity contribution in [2.45, 2.75) is 51.5 Å². The van der Waals surface area contributed by atoms with Crippen molar-refractivity contribution in [1.82, 2.24) is 10.2 Å². The molecule has 2 aliphatic rings. The minimum atomic E-state index is 0.151. The molecule has 1 aliphatic heterocycles. The summed E-state index contributed by atoms with van der Waals surface area (Å²) in [7, 11) is 0. The second-order valence-corrected chi connectivity index (χ2v) is 6.34. The predicted molar refractivity (Wildman–Crippen MR) is 77.8 cm³/mol. The largest absolute Gasteiger partial charge is 0.356 e. The number of hydrogen-bond acceptors (Lipinski definition) is 3. The lowest BCUT2D eigenvalue weighted by atomic mass is 9.79. The number of likely N-dealkylation sites (tertiary alicyclic amines) is 1. The molecular weight excluding hydrogens is 238 g/mol. The minimum absolute atomic E-state index is 0.151. The molecule has 0 bridgehead atoms. The van der Waals surface area contributed by atoms with Crippen molar-refractivity contribution in [3.05, 3.63) is 0 Å². The molecule has 2 rings (SSSR count). The molecule has 110 valence electrons. The van der Waals surface area contributed by atoms with E-state index >= 15 is 0 Å². The Morgan fingerprint density at radius 2 is 2.05 bits per heavy atom. The Bertz CT molecular complexity index is 289. The first kappa shape index (κ1) is 14.8. The van der Waals surface area contributed by atoms with E-state index in [1.165, 1.54) is 25.9 Å². The van der Waals surface area contributed by atoms with Crippen LogP contribution in [0, 0.1) is 11.8 Å². The van der Waals surface area contributed by atoms with Crippen LogP contribution in [0.25, 0.3) is 0 Å². The van der Waals surface area contributed by atoms with Crippen molar-refractivity contribution in [1.29, 1.82) is 0 Å². The van der Waals surface area contributed by atoms with E-state index < -0.39 is 0 Å². The van der Waals surface area contributed by atoms with Gasteiger partial charge in [0.25, 0.3) is 0 Å². The highest BCUT2D eigenvalue weighted by molar-refractivity contribution is 5.78. The number of rotatable bonds is 5. The predicted octanol–water partition coefficient (Wildman–Crippen LogP) is 1.35. The number of amides is 1. The summed E-state index contributed by atoms with van der Waals surface area (Å²) in [6.45, 7) is 6.61. The van der Waals surface area contributed by atoms with Gasteiger partial charge in [-0.05, 0) is 64.1 Å². The van der Waals surface area contributed by atoms with Crippen LogP contribution in [0.4, 0.5) is 0 Å². The third-order valence-electron chi connectivity index (χ3n) is 4.78. The Morgan fingerprint density at radius 3 is 2.74 bits per heavy atom. The highest BCUT2D eigenvalue weighted by atomic mass is 16.1. The first-order valence-corrected chi connectivity index (χ1v) is 7.92. The van der Waals surface area contributed by atoms with Crippen LogP contribution in [0.1, 0.15) is 45.4 Å². The maximum Gasteiger partial charge on any atom is 0.223 e. The molecule has 3 unspecified atom stereocenters. The van der Waals surface area contributed by atoms with E-state index in [1.807, 2.05) is 0 Å². The molecule has 0 radical (unpaired) electrons. The number of hydrogen-bond donors (Lipinski definition) is 2.